The van der Waals surface area contributed by atoms with E-state index in [0.717, 1.165) is 45.5 Å². The smallest absolute Gasteiger partial charge is 0.270 e. The Morgan fingerprint density at radius 3 is 2.71 bits per heavy atom. The molecule has 4 rings (SSSR count). The van der Waals surface area contributed by atoms with Crippen molar-refractivity contribution in [3.63, 3.8) is 0 Å². The van der Waals surface area contributed by atoms with E-state index in [1.807, 2.05) is 24.3 Å². The molecule has 8 nitrogen and oxygen atoms in total. The van der Waals surface area contributed by atoms with Crippen LogP contribution in [0.2, 0.25) is 0 Å². The zero-order valence-corrected chi connectivity index (χ0v) is 17.3. The van der Waals surface area contributed by atoms with Crippen LogP contribution in [0, 0.1) is 14.1 Å². The van der Waals surface area contributed by atoms with Gasteiger partial charge in [0.25, 0.3) is 5.69 Å². The van der Waals surface area contributed by atoms with Crippen LogP contribution in [0.15, 0.2) is 53.6 Å². The van der Waals surface area contributed by atoms with Crippen LogP contribution in [0.5, 0.6) is 11.6 Å². The summed E-state index contributed by atoms with van der Waals surface area (Å²) in [6, 6.07) is 10.9. The quantitative estimate of drug-likeness (QED) is 0.197. The number of hydrogen-bond donors (Lipinski definition) is 2. The van der Waals surface area contributed by atoms with Gasteiger partial charge in [0.05, 0.1) is 16.0 Å². The Bertz CT molecular complexity index is 1380. The van der Waals surface area contributed by atoms with Gasteiger partial charge in [-0.25, -0.2) is 0 Å². The molecule has 31 heavy (non-hydrogen) atoms. The van der Waals surface area contributed by atoms with Gasteiger partial charge in [0, 0.05) is 23.3 Å². The van der Waals surface area contributed by atoms with Gasteiger partial charge in [0.1, 0.15) is 5.75 Å². The molecule has 0 saturated heterocycles. The lowest BCUT2D eigenvalue weighted by Crippen LogP contribution is -2.04. The van der Waals surface area contributed by atoms with Gasteiger partial charge < -0.3 is 10.2 Å². The van der Waals surface area contributed by atoms with Gasteiger partial charge in [-0.05, 0) is 41.6 Å². The highest BCUT2D eigenvalue weighted by Crippen LogP contribution is 2.34. The van der Waals surface area contributed by atoms with Crippen LogP contribution in [-0.4, -0.2) is 31.8 Å². The Balaban J connectivity index is 1.74. The summed E-state index contributed by atoms with van der Waals surface area (Å²) in [7, 11) is 0. The van der Waals surface area contributed by atoms with Gasteiger partial charge in [-0.2, -0.15) is 9.78 Å². The second-order valence-corrected chi connectivity index (χ2v) is 8.13. The lowest BCUT2D eigenvalue weighted by Gasteiger charge is -2.12. The third kappa shape index (κ3) is 3.93. The number of fused-ring (bicyclic) bond motifs is 1. The molecular formula is C21H13N3O5S2. The average Bonchev–Trinajstić information content (AvgIpc) is 3.02. The van der Waals surface area contributed by atoms with E-state index >= 15 is 0 Å². The van der Waals surface area contributed by atoms with Gasteiger partial charge in [-0.15, -0.1) is 0 Å². The summed E-state index contributed by atoms with van der Waals surface area (Å²) in [5.74, 6) is -0.702. The summed E-state index contributed by atoms with van der Waals surface area (Å²) in [5.41, 5.74) is 1.91. The van der Waals surface area contributed by atoms with E-state index in [2.05, 4.69) is 5.10 Å². The summed E-state index contributed by atoms with van der Waals surface area (Å²) in [5, 5.41) is 35.5. The Morgan fingerprint density at radius 1 is 1.16 bits per heavy atom. The van der Waals surface area contributed by atoms with Crippen LogP contribution in [0.4, 0.5) is 5.69 Å². The first-order valence-corrected chi connectivity index (χ1v) is 10.1. The average molecular weight is 451 g/mol. The SMILES string of the molecule is O=C1C=Cc2ccccc2C1=Cc1sc(=S)n(N=Cc2cc([N+](=O)[O-])ccc2O)c1O. The molecule has 154 valence electrons. The van der Waals surface area contributed by atoms with Crippen molar-refractivity contribution in [3.05, 3.63) is 84.2 Å². The number of carbonyl (C=O) groups is 1. The summed E-state index contributed by atoms with van der Waals surface area (Å²) >= 11 is 6.31. The number of allylic oxidation sites excluding steroid dienone is 2. The summed E-state index contributed by atoms with van der Waals surface area (Å²) in [6.07, 6.45) is 5.91. The van der Waals surface area contributed by atoms with Crippen molar-refractivity contribution in [3.8, 4) is 11.6 Å². The highest BCUT2D eigenvalue weighted by Gasteiger charge is 2.19. The van der Waals surface area contributed by atoms with E-state index in [1.165, 1.54) is 12.1 Å². The van der Waals surface area contributed by atoms with Gasteiger partial charge >= 0.3 is 0 Å². The van der Waals surface area contributed by atoms with Crippen LogP contribution >= 0.6 is 23.6 Å². The maximum absolute atomic E-state index is 12.4. The largest absolute Gasteiger partial charge is 0.507 e. The van der Waals surface area contributed by atoms with E-state index in [9.17, 15) is 25.1 Å². The van der Waals surface area contributed by atoms with Crippen molar-refractivity contribution in [1.29, 1.82) is 0 Å². The van der Waals surface area contributed by atoms with E-state index in [1.54, 1.807) is 12.2 Å². The number of nitrogens with zero attached hydrogens (tertiary/aromatic N) is 3. The molecule has 0 saturated carbocycles. The van der Waals surface area contributed by atoms with Gasteiger partial charge in [-0.3, -0.25) is 14.9 Å². The highest BCUT2D eigenvalue weighted by atomic mass is 32.1. The number of non-ortho nitro benzene ring substituents is 1. The minimum Gasteiger partial charge on any atom is -0.507 e. The van der Waals surface area contributed by atoms with Crippen molar-refractivity contribution in [2.24, 2.45) is 5.10 Å². The lowest BCUT2D eigenvalue weighted by atomic mass is 9.91. The molecule has 0 spiro atoms. The molecular weight excluding hydrogens is 438 g/mol. The summed E-state index contributed by atoms with van der Waals surface area (Å²) in [6.45, 7) is 0. The number of thiazole rings is 1. The third-order valence-corrected chi connectivity index (χ3v) is 5.82. The van der Waals surface area contributed by atoms with Crippen molar-refractivity contribution in [2.75, 3.05) is 0 Å². The number of aromatic nitrogens is 1. The number of ketones is 1. The normalized spacial score (nSPS) is 14.3. The van der Waals surface area contributed by atoms with Crippen LogP contribution in [0.25, 0.3) is 17.7 Å². The highest BCUT2D eigenvalue weighted by molar-refractivity contribution is 7.73. The zero-order chi connectivity index (χ0) is 22.1. The van der Waals surface area contributed by atoms with Crippen molar-refractivity contribution < 1.29 is 19.9 Å². The molecule has 1 aromatic heterocycles. The molecule has 1 heterocycles. The Labute approximate surface area is 184 Å². The summed E-state index contributed by atoms with van der Waals surface area (Å²) < 4.78 is 1.25. The molecule has 3 aromatic rings. The second kappa shape index (κ2) is 8.09. The number of carbonyl (C=O) groups excluding carboxylic acids is 1. The molecule has 1 aliphatic carbocycles. The summed E-state index contributed by atoms with van der Waals surface area (Å²) in [4.78, 5) is 23.1. The molecule has 0 atom stereocenters. The Kier molecular flexibility index (Phi) is 5.32. The van der Waals surface area contributed by atoms with Crippen molar-refractivity contribution >= 4 is 59.0 Å². The van der Waals surface area contributed by atoms with Gasteiger partial charge in [0.15, 0.2) is 9.74 Å². The van der Waals surface area contributed by atoms with Crippen LogP contribution in [0.1, 0.15) is 21.6 Å². The first kappa shape index (κ1) is 20.4. The van der Waals surface area contributed by atoms with Gasteiger partial charge in [0.2, 0.25) is 5.88 Å². The van der Waals surface area contributed by atoms with Crippen molar-refractivity contribution in [1.82, 2.24) is 4.68 Å². The Hall–Kier alpha value is -3.89. The number of nitro groups is 1. The van der Waals surface area contributed by atoms with E-state index in [4.69, 9.17) is 12.2 Å². The van der Waals surface area contributed by atoms with Crippen LogP contribution < -0.4 is 0 Å². The number of phenols is 1. The maximum Gasteiger partial charge on any atom is 0.270 e. The van der Waals surface area contributed by atoms with E-state index < -0.39 is 4.92 Å². The number of nitro benzene ring substituents is 1. The fourth-order valence-electron chi connectivity index (χ4n) is 3.00. The first-order chi connectivity index (χ1) is 14.8. The molecule has 2 aromatic carbocycles. The lowest BCUT2D eigenvalue weighted by molar-refractivity contribution is -0.384. The minimum atomic E-state index is -0.595. The van der Waals surface area contributed by atoms with E-state index in [0.29, 0.717) is 10.5 Å². The third-order valence-electron chi connectivity index (χ3n) is 4.53. The molecule has 0 aliphatic heterocycles. The standard InChI is InChI=1S/C21H13N3O5S2/c25-17-8-6-14(24(28)29)9-13(17)11-22-23-20(27)19(31-21(23)30)10-16-15-4-2-1-3-12(15)5-7-18(16)26/h1-11,25,27H. The zero-order valence-electron chi connectivity index (χ0n) is 15.6. The molecule has 0 fully saturated rings. The number of hydrogen-bond acceptors (Lipinski definition) is 8. The molecule has 0 radical (unpaired) electrons. The predicted octanol–water partition coefficient (Wildman–Crippen LogP) is 4.62. The molecule has 1 aliphatic rings. The van der Waals surface area contributed by atoms with E-state index in [-0.39, 0.29) is 32.6 Å². The number of rotatable bonds is 4. The number of benzene rings is 2. The fraction of sp³-hybridized carbons (Fsp3) is 0. The minimum absolute atomic E-state index is 0.0862. The molecule has 0 amide bonds. The fourth-order valence-corrected chi connectivity index (χ4v) is 4.17. The first-order valence-electron chi connectivity index (χ1n) is 8.85. The molecule has 0 bridgehead atoms. The molecule has 2 N–H and O–H groups in total. The maximum atomic E-state index is 12.4. The number of aromatic hydroxyl groups is 2. The molecule has 10 heteroatoms. The monoisotopic (exact) mass is 451 g/mol. The predicted molar refractivity (Wildman–Crippen MR) is 121 cm³/mol. The topological polar surface area (TPSA) is 118 Å². The Morgan fingerprint density at radius 2 is 1.94 bits per heavy atom. The second-order valence-electron chi connectivity index (χ2n) is 6.46. The van der Waals surface area contributed by atoms with Crippen molar-refractivity contribution in [2.45, 2.75) is 0 Å². The van der Waals surface area contributed by atoms with Crippen LogP contribution in [0.3, 0.4) is 0 Å². The van der Waals surface area contributed by atoms with Crippen LogP contribution in [-0.2, 0) is 4.79 Å². The number of phenolic OH excluding ortho intramolecular Hbond substituents is 1. The molecule has 0 unspecified atom stereocenters. The van der Waals surface area contributed by atoms with Gasteiger partial charge in [-0.1, -0.05) is 41.7 Å².